The van der Waals surface area contributed by atoms with Crippen molar-refractivity contribution in [1.29, 1.82) is 0 Å². The van der Waals surface area contributed by atoms with Crippen molar-refractivity contribution < 1.29 is 9.90 Å². The molecule has 3 heteroatoms. The largest absolute Gasteiger partial charge is 0.478 e. The van der Waals surface area contributed by atoms with Gasteiger partial charge < -0.3 is 10.4 Å². The van der Waals surface area contributed by atoms with Gasteiger partial charge in [-0.25, -0.2) is 4.79 Å². The number of carbonyl (C=O) groups is 1. The zero-order chi connectivity index (χ0) is 12.4. The minimum Gasteiger partial charge on any atom is -0.478 e. The number of nitrogens with one attached hydrogen (secondary N) is 1. The van der Waals surface area contributed by atoms with E-state index in [9.17, 15) is 4.79 Å². The molecule has 0 bridgehead atoms. The maximum absolute atomic E-state index is 10.8. The van der Waals surface area contributed by atoms with Crippen LogP contribution in [0.2, 0.25) is 0 Å². The van der Waals surface area contributed by atoms with Crippen LogP contribution in [0.25, 0.3) is 0 Å². The maximum atomic E-state index is 10.8. The van der Waals surface area contributed by atoms with Gasteiger partial charge in [0.2, 0.25) is 0 Å². The van der Waals surface area contributed by atoms with Gasteiger partial charge in [0.1, 0.15) is 0 Å². The van der Waals surface area contributed by atoms with Gasteiger partial charge >= 0.3 is 5.97 Å². The fraction of sp³-hybridized carbons (Fsp3) is 0.500. The third-order valence-electron chi connectivity index (χ3n) is 3.40. The Bertz CT molecular complexity index is 428. The fourth-order valence-corrected chi connectivity index (χ4v) is 2.27. The van der Waals surface area contributed by atoms with Gasteiger partial charge in [-0.3, -0.25) is 0 Å². The first-order valence-corrected chi connectivity index (χ1v) is 6.22. The van der Waals surface area contributed by atoms with Crippen molar-refractivity contribution in [3.63, 3.8) is 0 Å². The van der Waals surface area contributed by atoms with Gasteiger partial charge in [-0.2, -0.15) is 0 Å². The quantitative estimate of drug-likeness (QED) is 0.820. The zero-order valence-electron chi connectivity index (χ0n) is 10.4. The van der Waals surface area contributed by atoms with Gasteiger partial charge in [-0.05, 0) is 49.4 Å². The van der Waals surface area contributed by atoms with E-state index in [-0.39, 0.29) is 0 Å². The summed E-state index contributed by atoms with van der Waals surface area (Å²) in [5.74, 6) is -0.0616. The number of benzene rings is 1. The van der Waals surface area contributed by atoms with Crippen LogP contribution in [0, 0.1) is 12.8 Å². The minimum absolute atomic E-state index is 0.356. The van der Waals surface area contributed by atoms with Crippen LogP contribution in [-0.2, 0) is 0 Å². The number of aryl methyl sites for hydroxylation is 1. The van der Waals surface area contributed by atoms with Crippen molar-refractivity contribution in [3.05, 3.63) is 29.3 Å². The summed E-state index contributed by atoms with van der Waals surface area (Å²) in [6.07, 6.45) is 3.76. The average Bonchev–Trinajstić information content (AvgIpc) is 3.00. The first-order chi connectivity index (χ1) is 8.11. The molecule has 1 aromatic rings. The van der Waals surface area contributed by atoms with E-state index in [1.165, 1.54) is 19.3 Å². The summed E-state index contributed by atoms with van der Waals surface area (Å²) in [6.45, 7) is 4.16. The van der Waals surface area contributed by atoms with Crippen LogP contribution in [0.4, 0.5) is 5.69 Å². The third-order valence-corrected chi connectivity index (χ3v) is 3.40. The molecular formula is C14H19NO2. The lowest BCUT2D eigenvalue weighted by atomic mass is 10.1. The van der Waals surface area contributed by atoms with E-state index >= 15 is 0 Å². The van der Waals surface area contributed by atoms with Crippen molar-refractivity contribution in [2.24, 2.45) is 5.92 Å². The van der Waals surface area contributed by atoms with Crippen LogP contribution >= 0.6 is 0 Å². The van der Waals surface area contributed by atoms with Crippen LogP contribution in [0.1, 0.15) is 42.1 Å². The van der Waals surface area contributed by atoms with Gasteiger partial charge in [0.25, 0.3) is 0 Å². The summed E-state index contributed by atoms with van der Waals surface area (Å²) in [5, 5.41) is 12.4. The summed E-state index contributed by atoms with van der Waals surface area (Å²) >= 11 is 0. The molecule has 1 aliphatic carbocycles. The molecular weight excluding hydrogens is 214 g/mol. The molecule has 1 aliphatic rings. The van der Waals surface area contributed by atoms with Crippen LogP contribution in [-0.4, -0.2) is 17.1 Å². The Morgan fingerprint density at radius 3 is 2.88 bits per heavy atom. The van der Waals surface area contributed by atoms with Crippen molar-refractivity contribution in [1.82, 2.24) is 0 Å². The molecule has 1 aromatic carbocycles. The first kappa shape index (κ1) is 12.0. The van der Waals surface area contributed by atoms with Crippen molar-refractivity contribution in [2.45, 2.75) is 39.2 Å². The molecule has 2 atom stereocenters. The number of carboxylic acids is 1. The van der Waals surface area contributed by atoms with Crippen LogP contribution < -0.4 is 5.32 Å². The SMILES string of the molecule is CCCC1CC1Nc1ccc(C(=O)O)cc1C. The number of anilines is 1. The molecule has 2 rings (SSSR count). The standard InChI is InChI=1S/C14H19NO2/c1-3-4-10-8-13(10)15-12-6-5-11(14(16)17)7-9(12)2/h5-7,10,13,15H,3-4,8H2,1-2H3,(H,16,17). The molecule has 2 N–H and O–H groups in total. The molecule has 1 saturated carbocycles. The second-order valence-electron chi connectivity index (χ2n) is 4.87. The Morgan fingerprint density at radius 2 is 2.29 bits per heavy atom. The van der Waals surface area contributed by atoms with E-state index in [0.29, 0.717) is 11.6 Å². The molecule has 0 heterocycles. The molecule has 2 unspecified atom stereocenters. The van der Waals surface area contributed by atoms with Crippen molar-refractivity contribution in [2.75, 3.05) is 5.32 Å². The highest BCUT2D eigenvalue weighted by Crippen LogP contribution is 2.37. The fourth-order valence-electron chi connectivity index (χ4n) is 2.27. The third kappa shape index (κ3) is 2.78. The van der Waals surface area contributed by atoms with Crippen LogP contribution in [0.3, 0.4) is 0 Å². The van der Waals surface area contributed by atoms with Gasteiger partial charge in [0.15, 0.2) is 0 Å². The van der Waals surface area contributed by atoms with Gasteiger partial charge in [-0.15, -0.1) is 0 Å². The van der Waals surface area contributed by atoms with Crippen LogP contribution in [0.15, 0.2) is 18.2 Å². The van der Waals surface area contributed by atoms with Gasteiger partial charge in [0, 0.05) is 11.7 Å². The Kier molecular flexibility index (Phi) is 3.36. The number of hydrogen-bond donors (Lipinski definition) is 2. The molecule has 92 valence electrons. The molecule has 0 aliphatic heterocycles. The number of aromatic carboxylic acids is 1. The summed E-state index contributed by atoms with van der Waals surface area (Å²) in [4.78, 5) is 10.8. The van der Waals surface area contributed by atoms with E-state index in [1.807, 2.05) is 13.0 Å². The summed E-state index contributed by atoms with van der Waals surface area (Å²) < 4.78 is 0. The Morgan fingerprint density at radius 1 is 1.53 bits per heavy atom. The number of carboxylic acid groups (broad SMARTS) is 1. The minimum atomic E-state index is -0.866. The highest BCUT2D eigenvalue weighted by atomic mass is 16.4. The topological polar surface area (TPSA) is 49.3 Å². The summed E-state index contributed by atoms with van der Waals surface area (Å²) in [5.41, 5.74) is 2.43. The maximum Gasteiger partial charge on any atom is 0.335 e. The molecule has 0 radical (unpaired) electrons. The molecule has 0 amide bonds. The number of rotatable bonds is 5. The molecule has 0 spiro atoms. The highest BCUT2D eigenvalue weighted by Gasteiger charge is 2.35. The smallest absolute Gasteiger partial charge is 0.335 e. The van der Waals surface area contributed by atoms with E-state index in [4.69, 9.17) is 5.11 Å². The predicted molar refractivity (Wildman–Crippen MR) is 68.6 cm³/mol. The van der Waals surface area contributed by atoms with E-state index in [0.717, 1.165) is 17.2 Å². The Balaban J connectivity index is 2.00. The normalized spacial score (nSPS) is 22.2. The summed E-state index contributed by atoms with van der Waals surface area (Å²) in [6, 6.07) is 5.85. The zero-order valence-corrected chi connectivity index (χ0v) is 10.4. The lowest BCUT2D eigenvalue weighted by Gasteiger charge is -2.09. The monoisotopic (exact) mass is 233 g/mol. The lowest BCUT2D eigenvalue weighted by Crippen LogP contribution is -2.07. The van der Waals surface area contributed by atoms with E-state index in [2.05, 4.69) is 12.2 Å². The molecule has 1 fully saturated rings. The lowest BCUT2D eigenvalue weighted by molar-refractivity contribution is 0.0697. The summed E-state index contributed by atoms with van der Waals surface area (Å²) in [7, 11) is 0. The van der Waals surface area contributed by atoms with Gasteiger partial charge in [0.05, 0.1) is 5.56 Å². The van der Waals surface area contributed by atoms with Gasteiger partial charge in [-0.1, -0.05) is 13.3 Å². The van der Waals surface area contributed by atoms with E-state index < -0.39 is 5.97 Å². The predicted octanol–water partition coefficient (Wildman–Crippen LogP) is 3.29. The van der Waals surface area contributed by atoms with Crippen molar-refractivity contribution >= 4 is 11.7 Å². The van der Waals surface area contributed by atoms with E-state index in [1.54, 1.807) is 12.1 Å². The molecule has 3 nitrogen and oxygen atoms in total. The highest BCUT2D eigenvalue weighted by molar-refractivity contribution is 5.88. The van der Waals surface area contributed by atoms with Crippen LogP contribution in [0.5, 0.6) is 0 Å². The first-order valence-electron chi connectivity index (χ1n) is 6.22. The second-order valence-corrected chi connectivity index (χ2v) is 4.87. The van der Waals surface area contributed by atoms with Crippen molar-refractivity contribution in [3.8, 4) is 0 Å². The molecule has 0 aromatic heterocycles. The average molecular weight is 233 g/mol. The molecule has 0 saturated heterocycles. The second kappa shape index (κ2) is 4.78. The Hall–Kier alpha value is -1.51. The number of hydrogen-bond acceptors (Lipinski definition) is 2. The molecule has 17 heavy (non-hydrogen) atoms. The Labute approximate surface area is 102 Å².